The summed E-state index contributed by atoms with van der Waals surface area (Å²) in [4.78, 5) is 0. The predicted molar refractivity (Wildman–Crippen MR) is 9.09 cm³/mol. The quantitative estimate of drug-likeness (QED) is 0.224. The van der Waals surface area contributed by atoms with Crippen molar-refractivity contribution in [2.45, 2.75) is 0 Å². The molecular weight excluding hydrogens is 125 g/mol. The molecule has 0 aliphatic heterocycles. The van der Waals surface area contributed by atoms with E-state index < -0.39 is 0 Å². The summed E-state index contributed by atoms with van der Waals surface area (Å²) in [6, 6.07) is 0. The van der Waals surface area contributed by atoms with Crippen molar-refractivity contribution in [3.63, 3.8) is 0 Å². The van der Waals surface area contributed by atoms with E-state index in [1.807, 2.05) is 0 Å². The summed E-state index contributed by atoms with van der Waals surface area (Å²) in [7, 11) is 0. The molecule has 7 heavy (non-hydrogen) atoms. The number of rotatable bonds is 0. The Hall–Kier alpha value is -0.355. The topological polar surface area (TPSA) is 0 Å². The largest absolute Gasteiger partial charge is 3.00 e. The van der Waals surface area contributed by atoms with E-state index in [0.29, 0.717) is 0 Å². The molecule has 0 amide bonds. The first kappa shape index (κ1) is 1680. The Kier molecular flexibility index (Phi) is 232000. The zero-order valence-electron chi connectivity index (χ0n) is 5.85. The molecule has 0 nitrogen and oxygen atoms in total. The van der Waals surface area contributed by atoms with E-state index in [-0.39, 0.29) is 40.9 Å². The molecule has 0 saturated carbocycles. The first-order chi connectivity index (χ1) is 0. The molecule has 0 spiro atoms. The Morgan fingerprint density at radius 3 is 0.429 bits per heavy atom. The van der Waals surface area contributed by atoms with Gasteiger partial charge < -0.3 is 28.2 Å². The summed E-state index contributed by atoms with van der Waals surface area (Å²) >= 11 is 0. The molecule has 0 radical (unpaired) electrons. The fraction of sp³-hybridized carbons (Fsp3) is 0. The van der Waals surface area contributed by atoms with Crippen LogP contribution in [0.3, 0.4) is 0 Å². The van der Waals surface area contributed by atoms with E-state index in [0.717, 1.165) is 0 Å². The van der Waals surface area contributed by atoms with Crippen molar-refractivity contribution < 1.29 is 32.5 Å². The van der Waals surface area contributed by atoms with Gasteiger partial charge in [-0.05, 0) is 0 Å². The van der Waals surface area contributed by atoms with Crippen molar-refractivity contribution in [3.8, 4) is 0 Å². The average Bonchev–Trinajstić information content (AvgIpc) is 0. The fourth-order valence-corrected chi connectivity index (χ4v) is 0. The van der Waals surface area contributed by atoms with Gasteiger partial charge in [0.1, 0.15) is 0 Å². The molecule has 7 heteroatoms. The van der Waals surface area contributed by atoms with Gasteiger partial charge >= 0.3 is 12.7 Å². The van der Waals surface area contributed by atoms with Crippen molar-refractivity contribution in [2.24, 2.45) is 0 Å². The Bertz CT molecular complexity index is 13.0. The summed E-state index contributed by atoms with van der Waals surface area (Å²) in [5, 5.41) is 0. The molecule has 0 saturated heterocycles. The summed E-state index contributed by atoms with van der Waals surface area (Å²) in [5.41, 5.74) is 0. The van der Waals surface area contributed by atoms with Crippen molar-refractivity contribution in [2.75, 3.05) is 0 Å². The van der Waals surface area contributed by atoms with Crippen LogP contribution < -0.4 is 28.2 Å². The Morgan fingerprint density at radius 2 is 0.429 bits per heavy atom. The summed E-state index contributed by atoms with van der Waals surface area (Å²) in [6.45, 7) is 0. The van der Waals surface area contributed by atoms with Crippen LogP contribution in [0.25, 0.3) is 0 Å². The minimum absolute atomic E-state index is 0. The summed E-state index contributed by atoms with van der Waals surface area (Å²) in [5.74, 6) is 0. The fourth-order valence-electron chi connectivity index (χ4n) is 0. The second kappa shape index (κ2) is 966. The van der Waals surface area contributed by atoms with E-state index in [1.165, 1.54) is 0 Å². The minimum atomic E-state index is 0. The predicted octanol–water partition coefficient (Wildman–Crippen LogP) is -18.0. The van der Waals surface area contributed by atoms with Gasteiger partial charge in [0.2, 0.25) is 0 Å². The maximum atomic E-state index is 0. The van der Waals surface area contributed by atoms with Gasteiger partial charge in [0.05, 0.1) is 0 Å². The smallest absolute Gasteiger partial charge is 1.00 e. The van der Waals surface area contributed by atoms with Crippen LogP contribution in [0.1, 0.15) is 4.28 Å². The van der Waals surface area contributed by atoms with E-state index in [2.05, 4.69) is 0 Å². The van der Waals surface area contributed by atoms with Crippen LogP contribution in [0.4, 0.5) is 0 Å². The Labute approximate surface area is 42.5 Å². The molecule has 0 rings (SSSR count). The molecule has 0 aromatic rings. The van der Waals surface area contributed by atoms with E-state index >= 15 is 0 Å². The standard InChI is InChI=1S/B.6FH/h;6*1H/q+3;;;;;;/p-3. The second-order valence-corrected chi connectivity index (χ2v) is 0. The molecular formula is H3BF6. The van der Waals surface area contributed by atoms with Crippen LogP contribution >= 0.6 is 0 Å². The van der Waals surface area contributed by atoms with Crippen molar-refractivity contribution >= 4 is 8.41 Å². The van der Waals surface area contributed by atoms with Gasteiger partial charge in [-0.15, -0.1) is 0 Å². The molecule has 0 atom stereocenters. The third-order valence-electron chi connectivity index (χ3n) is 0. The van der Waals surface area contributed by atoms with E-state index in [1.54, 1.807) is 0 Å². The first-order valence-corrected chi connectivity index (χ1v) is 0. The second-order valence-electron chi connectivity index (χ2n) is 0. The molecule has 48 valence electrons. The van der Waals surface area contributed by atoms with Crippen LogP contribution in [0, 0.1) is 0 Å². The number of hydrogen-bond donors (Lipinski definition) is 0. The SMILES string of the molecule is [B+3].[F-].[F-].[F-].[F-].[F-].[F-].[H+].[H+].[H+]. The Balaban J connectivity index is 0. The molecule has 0 N–H and O–H groups in total. The van der Waals surface area contributed by atoms with E-state index in [4.69, 9.17) is 0 Å². The van der Waals surface area contributed by atoms with Crippen LogP contribution in [0.5, 0.6) is 0 Å². The first-order valence-electron chi connectivity index (χ1n) is 0. The van der Waals surface area contributed by atoms with Crippen molar-refractivity contribution in [1.29, 1.82) is 0 Å². The molecule has 0 fully saturated rings. The monoisotopic (exact) mass is 128 g/mol. The van der Waals surface area contributed by atoms with E-state index in [9.17, 15) is 0 Å². The molecule has 0 heterocycles. The zero-order chi connectivity index (χ0) is 0. The van der Waals surface area contributed by atoms with Crippen molar-refractivity contribution in [3.05, 3.63) is 0 Å². The number of hydrogen-bond acceptors (Lipinski definition) is 0. The van der Waals surface area contributed by atoms with Gasteiger partial charge in [-0.3, -0.25) is 0 Å². The van der Waals surface area contributed by atoms with Crippen LogP contribution in [-0.2, 0) is 0 Å². The maximum absolute atomic E-state index is 0. The number of halogens is 6. The average molecular weight is 128 g/mol. The third kappa shape index (κ3) is 595. The summed E-state index contributed by atoms with van der Waals surface area (Å²) < 4.78 is 0. The van der Waals surface area contributed by atoms with Gasteiger partial charge in [0.25, 0.3) is 0 Å². The van der Waals surface area contributed by atoms with Gasteiger partial charge in [-0.25, -0.2) is 0 Å². The zero-order valence-corrected chi connectivity index (χ0v) is 2.85. The van der Waals surface area contributed by atoms with Crippen LogP contribution in [0.15, 0.2) is 0 Å². The molecule has 0 aromatic heterocycles. The maximum Gasteiger partial charge on any atom is 3.00 e. The van der Waals surface area contributed by atoms with Crippen LogP contribution in [-0.4, -0.2) is 8.41 Å². The minimum Gasteiger partial charge on any atom is -1.00 e. The van der Waals surface area contributed by atoms with Crippen LogP contribution in [0.2, 0.25) is 0 Å². The van der Waals surface area contributed by atoms with Crippen molar-refractivity contribution in [1.82, 2.24) is 0 Å². The van der Waals surface area contributed by atoms with Gasteiger partial charge in [0.15, 0.2) is 0 Å². The third-order valence-corrected chi connectivity index (χ3v) is 0. The molecule has 0 aliphatic rings. The summed E-state index contributed by atoms with van der Waals surface area (Å²) in [6.07, 6.45) is 0. The molecule has 0 aromatic carbocycles. The molecule has 0 unspecified atom stereocenters. The van der Waals surface area contributed by atoms with Gasteiger partial charge in [-0.1, -0.05) is 0 Å². The van der Waals surface area contributed by atoms with Gasteiger partial charge in [-0.2, -0.15) is 0 Å². The Morgan fingerprint density at radius 1 is 0.429 bits per heavy atom. The molecule has 0 bridgehead atoms. The molecule has 0 aliphatic carbocycles. The normalized spacial score (nSPS) is 0. The van der Waals surface area contributed by atoms with Gasteiger partial charge in [0, 0.05) is 0 Å².